The predicted octanol–water partition coefficient (Wildman–Crippen LogP) is 2.61. The SMILES string of the molecule is CCCc1ccc(S(=O)(=O)NC2CCCCCC2O)cc1. The van der Waals surface area contributed by atoms with Gasteiger partial charge in [0, 0.05) is 6.04 Å². The summed E-state index contributed by atoms with van der Waals surface area (Å²) in [4.78, 5) is 0.277. The molecule has 2 atom stereocenters. The fourth-order valence-electron chi connectivity index (χ4n) is 2.82. The minimum atomic E-state index is -3.55. The van der Waals surface area contributed by atoms with Crippen molar-refractivity contribution < 1.29 is 13.5 Å². The summed E-state index contributed by atoms with van der Waals surface area (Å²) in [6, 6.07) is 6.66. The zero-order valence-electron chi connectivity index (χ0n) is 12.6. The molecule has 0 aliphatic heterocycles. The predicted molar refractivity (Wildman–Crippen MR) is 83.6 cm³/mol. The highest BCUT2D eigenvalue weighted by molar-refractivity contribution is 7.89. The Balaban J connectivity index is 2.09. The van der Waals surface area contributed by atoms with E-state index in [1.165, 1.54) is 0 Å². The molecule has 2 unspecified atom stereocenters. The number of benzene rings is 1. The molecule has 1 saturated carbocycles. The molecule has 21 heavy (non-hydrogen) atoms. The minimum absolute atomic E-state index is 0.277. The Morgan fingerprint density at radius 1 is 1.14 bits per heavy atom. The van der Waals surface area contributed by atoms with Crippen LogP contribution in [0.1, 0.15) is 51.0 Å². The van der Waals surface area contributed by atoms with Crippen molar-refractivity contribution in [1.29, 1.82) is 0 Å². The Morgan fingerprint density at radius 2 is 1.81 bits per heavy atom. The molecule has 0 aromatic heterocycles. The molecule has 5 heteroatoms. The van der Waals surface area contributed by atoms with E-state index >= 15 is 0 Å². The Labute approximate surface area is 127 Å². The number of aliphatic hydroxyl groups excluding tert-OH is 1. The second-order valence-corrected chi connectivity index (χ2v) is 7.54. The normalized spacial score (nSPS) is 23.7. The summed E-state index contributed by atoms with van der Waals surface area (Å²) in [6.07, 6.45) is 5.76. The molecule has 1 aliphatic carbocycles. The van der Waals surface area contributed by atoms with Crippen LogP contribution in [0.2, 0.25) is 0 Å². The molecule has 2 rings (SSSR count). The maximum atomic E-state index is 12.4. The summed E-state index contributed by atoms with van der Waals surface area (Å²) in [5.74, 6) is 0. The van der Waals surface area contributed by atoms with E-state index in [1.54, 1.807) is 12.1 Å². The molecule has 1 aromatic carbocycles. The Morgan fingerprint density at radius 3 is 2.48 bits per heavy atom. The van der Waals surface area contributed by atoms with E-state index in [4.69, 9.17) is 0 Å². The van der Waals surface area contributed by atoms with Gasteiger partial charge in [-0.2, -0.15) is 0 Å². The van der Waals surface area contributed by atoms with Gasteiger partial charge in [0.05, 0.1) is 11.0 Å². The summed E-state index contributed by atoms with van der Waals surface area (Å²) < 4.78 is 27.5. The lowest BCUT2D eigenvalue weighted by Crippen LogP contribution is -2.42. The maximum Gasteiger partial charge on any atom is 0.240 e. The highest BCUT2D eigenvalue weighted by Crippen LogP contribution is 2.20. The van der Waals surface area contributed by atoms with Gasteiger partial charge in [0.25, 0.3) is 0 Å². The first-order valence-electron chi connectivity index (χ1n) is 7.82. The van der Waals surface area contributed by atoms with Gasteiger partial charge in [0.2, 0.25) is 10.0 Å². The van der Waals surface area contributed by atoms with E-state index in [2.05, 4.69) is 11.6 Å². The summed E-state index contributed by atoms with van der Waals surface area (Å²) in [7, 11) is -3.55. The van der Waals surface area contributed by atoms with Crippen LogP contribution in [0.15, 0.2) is 29.2 Å². The number of nitrogens with one attached hydrogen (secondary N) is 1. The van der Waals surface area contributed by atoms with Crippen LogP contribution in [0.3, 0.4) is 0 Å². The van der Waals surface area contributed by atoms with Gasteiger partial charge in [-0.1, -0.05) is 44.7 Å². The first-order valence-corrected chi connectivity index (χ1v) is 9.30. The van der Waals surface area contributed by atoms with Crippen LogP contribution in [0.25, 0.3) is 0 Å². The molecule has 0 spiro atoms. The van der Waals surface area contributed by atoms with Crippen molar-refractivity contribution in [3.8, 4) is 0 Å². The molecule has 118 valence electrons. The second kappa shape index (κ2) is 7.38. The van der Waals surface area contributed by atoms with E-state index < -0.39 is 16.1 Å². The standard InChI is InChI=1S/C16H25NO3S/c1-2-6-13-9-11-14(12-10-13)21(19,20)17-15-7-4-3-5-8-16(15)18/h9-12,15-18H,2-8H2,1H3. The van der Waals surface area contributed by atoms with Gasteiger partial charge in [-0.25, -0.2) is 13.1 Å². The fraction of sp³-hybridized carbons (Fsp3) is 0.625. The summed E-state index contributed by atoms with van der Waals surface area (Å²) in [5, 5.41) is 10.0. The number of aryl methyl sites for hydroxylation is 1. The van der Waals surface area contributed by atoms with Gasteiger partial charge in [0.1, 0.15) is 0 Å². The number of hydrogen-bond donors (Lipinski definition) is 2. The van der Waals surface area contributed by atoms with Gasteiger partial charge in [-0.15, -0.1) is 0 Å². The van der Waals surface area contributed by atoms with Crippen LogP contribution in [-0.2, 0) is 16.4 Å². The Bertz CT molecular complexity index is 539. The lowest BCUT2D eigenvalue weighted by atomic mass is 10.1. The van der Waals surface area contributed by atoms with Crippen LogP contribution in [0.4, 0.5) is 0 Å². The average molecular weight is 311 g/mol. The number of sulfonamides is 1. The Hall–Kier alpha value is -0.910. The molecule has 1 fully saturated rings. The molecule has 1 aliphatic rings. The van der Waals surface area contributed by atoms with Gasteiger partial charge in [0.15, 0.2) is 0 Å². The van der Waals surface area contributed by atoms with Crippen LogP contribution in [0.5, 0.6) is 0 Å². The summed E-state index contributed by atoms with van der Waals surface area (Å²) in [5.41, 5.74) is 1.14. The number of hydrogen-bond acceptors (Lipinski definition) is 3. The van der Waals surface area contributed by atoms with Crippen LogP contribution < -0.4 is 4.72 Å². The molecule has 4 nitrogen and oxygen atoms in total. The van der Waals surface area contributed by atoms with E-state index in [1.807, 2.05) is 12.1 Å². The van der Waals surface area contributed by atoms with E-state index in [0.29, 0.717) is 12.8 Å². The topological polar surface area (TPSA) is 66.4 Å². The molecular weight excluding hydrogens is 286 g/mol. The highest BCUT2D eigenvalue weighted by Gasteiger charge is 2.26. The third kappa shape index (κ3) is 4.53. The first kappa shape index (κ1) is 16.5. The van der Waals surface area contributed by atoms with Gasteiger partial charge < -0.3 is 5.11 Å². The average Bonchev–Trinajstić information content (AvgIpc) is 2.65. The number of rotatable bonds is 5. The largest absolute Gasteiger partial charge is 0.391 e. The van der Waals surface area contributed by atoms with Crippen molar-refractivity contribution in [3.05, 3.63) is 29.8 Å². The summed E-state index contributed by atoms with van der Waals surface area (Å²) in [6.45, 7) is 2.10. The van der Waals surface area contributed by atoms with Crippen molar-refractivity contribution >= 4 is 10.0 Å². The first-order chi connectivity index (χ1) is 10.0. The van der Waals surface area contributed by atoms with Crippen LogP contribution in [0, 0.1) is 0 Å². The van der Waals surface area contributed by atoms with Crippen molar-refractivity contribution in [1.82, 2.24) is 4.72 Å². The van der Waals surface area contributed by atoms with E-state index in [9.17, 15) is 13.5 Å². The lowest BCUT2D eigenvalue weighted by molar-refractivity contribution is 0.130. The lowest BCUT2D eigenvalue weighted by Gasteiger charge is -2.21. The minimum Gasteiger partial charge on any atom is -0.391 e. The van der Waals surface area contributed by atoms with Crippen molar-refractivity contribution in [2.45, 2.75) is 68.9 Å². The third-order valence-electron chi connectivity index (χ3n) is 4.06. The molecule has 0 radical (unpaired) electrons. The van der Waals surface area contributed by atoms with E-state index in [0.717, 1.165) is 37.7 Å². The zero-order chi connectivity index (χ0) is 15.3. The highest BCUT2D eigenvalue weighted by atomic mass is 32.2. The molecule has 0 saturated heterocycles. The zero-order valence-corrected chi connectivity index (χ0v) is 13.4. The van der Waals surface area contributed by atoms with Gasteiger partial charge >= 0.3 is 0 Å². The van der Waals surface area contributed by atoms with Crippen LogP contribution >= 0.6 is 0 Å². The quantitative estimate of drug-likeness (QED) is 0.822. The fourth-order valence-corrected chi connectivity index (χ4v) is 4.12. The van der Waals surface area contributed by atoms with Crippen molar-refractivity contribution in [3.63, 3.8) is 0 Å². The molecule has 0 amide bonds. The molecule has 1 aromatic rings. The van der Waals surface area contributed by atoms with Gasteiger partial charge in [-0.05, 0) is 37.0 Å². The van der Waals surface area contributed by atoms with Crippen molar-refractivity contribution in [2.24, 2.45) is 0 Å². The van der Waals surface area contributed by atoms with Crippen LogP contribution in [-0.4, -0.2) is 25.7 Å². The number of aliphatic hydroxyl groups is 1. The smallest absolute Gasteiger partial charge is 0.240 e. The second-order valence-electron chi connectivity index (χ2n) is 5.83. The van der Waals surface area contributed by atoms with E-state index in [-0.39, 0.29) is 10.9 Å². The Kier molecular flexibility index (Phi) is 5.79. The monoisotopic (exact) mass is 311 g/mol. The molecule has 0 bridgehead atoms. The molecular formula is C16H25NO3S. The molecule has 2 N–H and O–H groups in total. The summed E-state index contributed by atoms with van der Waals surface area (Å²) >= 11 is 0. The maximum absolute atomic E-state index is 12.4. The van der Waals surface area contributed by atoms with Gasteiger partial charge in [-0.3, -0.25) is 0 Å². The van der Waals surface area contributed by atoms with Crippen molar-refractivity contribution in [2.75, 3.05) is 0 Å². The molecule has 0 heterocycles. The third-order valence-corrected chi connectivity index (χ3v) is 5.56.